The molecular weight excluding hydrogens is 248 g/mol. The summed E-state index contributed by atoms with van der Waals surface area (Å²) in [6.07, 6.45) is 0. The van der Waals surface area contributed by atoms with Crippen LogP contribution in [0.1, 0.15) is 12.5 Å². The topological polar surface area (TPSA) is 87.7 Å². The van der Waals surface area contributed by atoms with Gasteiger partial charge in [0.05, 0.1) is 13.2 Å². The Balaban J connectivity index is 2.25. The second kappa shape index (κ2) is 8.10. The summed E-state index contributed by atoms with van der Waals surface area (Å²) in [5.74, 6) is -0.585. The second-order valence-electron chi connectivity index (χ2n) is 3.85. The van der Waals surface area contributed by atoms with Crippen LogP contribution in [0, 0.1) is 0 Å². The van der Waals surface area contributed by atoms with Crippen molar-refractivity contribution in [3.8, 4) is 5.75 Å². The van der Waals surface area contributed by atoms with E-state index in [2.05, 4.69) is 10.6 Å². The van der Waals surface area contributed by atoms with Crippen LogP contribution in [0.2, 0.25) is 0 Å². The number of amides is 1. The molecule has 0 saturated carbocycles. The Bertz CT molecular complexity index is 417. The van der Waals surface area contributed by atoms with Crippen LogP contribution >= 0.6 is 0 Å². The van der Waals surface area contributed by atoms with Crippen molar-refractivity contribution in [2.45, 2.75) is 13.5 Å². The molecule has 0 spiro atoms. The second-order valence-corrected chi connectivity index (χ2v) is 3.85. The molecule has 1 rings (SSSR count). The molecule has 3 N–H and O–H groups in total. The van der Waals surface area contributed by atoms with Gasteiger partial charge in [0, 0.05) is 6.54 Å². The molecule has 0 atom stereocenters. The van der Waals surface area contributed by atoms with Gasteiger partial charge in [0.1, 0.15) is 12.3 Å². The lowest BCUT2D eigenvalue weighted by atomic mass is 10.2. The number of hydrogen-bond acceptors (Lipinski definition) is 4. The van der Waals surface area contributed by atoms with E-state index in [-0.39, 0.29) is 19.0 Å². The van der Waals surface area contributed by atoms with Crippen LogP contribution in [0.15, 0.2) is 24.3 Å². The zero-order chi connectivity index (χ0) is 14.1. The number of carbonyl (C=O) groups is 2. The molecule has 1 aromatic carbocycles. The Kier molecular flexibility index (Phi) is 6.38. The highest BCUT2D eigenvalue weighted by Crippen LogP contribution is 2.11. The molecule has 6 heteroatoms. The number of carbonyl (C=O) groups excluding carboxylic acids is 1. The van der Waals surface area contributed by atoms with Gasteiger partial charge < -0.3 is 20.5 Å². The van der Waals surface area contributed by atoms with Gasteiger partial charge in [0.2, 0.25) is 5.91 Å². The zero-order valence-corrected chi connectivity index (χ0v) is 10.8. The van der Waals surface area contributed by atoms with Crippen molar-refractivity contribution in [1.82, 2.24) is 10.6 Å². The van der Waals surface area contributed by atoms with Crippen molar-refractivity contribution in [1.29, 1.82) is 0 Å². The predicted molar refractivity (Wildman–Crippen MR) is 70.0 cm³/mol. The number of carboxylic acid groups (broad SMARTS) is 1. The van der Waals surface area contributed by atoms with E-state index in [0.717, 1.165) is 11.3 Å². The molecule has 6 nitrogen and oxygen atoms in total. The number of nitrogens with one attached hydrogen (secondary N) is 2. The molecule has 0 bridgehead atoms. The van der Waals surface area contributed by atoms with Gasteiger partial charge >= 0.3 is 5.97 Å². The van der Waals surface area contributed by atoms with Crippen molar-refractivity contribution in [2.24, 2.45) is 0 Å². The molecule has 1 amide bonds. The standard InChI is InChI=1S/C13H18N2O4/c1-2-19-11-5-3-10(4-6-11)7-14-8-12(16)15-9-13(17)18/h3-6,14H,2,7-9H2,1H3,(H,15,16)(H,17,18). The minimum atomic E-state index is -1.06. The van der Waals surface area contributed by atoms with E-state index in [9.17, 15) is 9.59 Å². The molecule has 0 aliphatic rings. The highest BCUT2D eigenvalue weighted by Gasteiger charge is 2.03. The highest BCUT2D eigenvalue weighted by atomic mass is 16.5. The minimum absolute atomic E-state index is 0.0838. The number of aliphatic carboxylic acids is 1. The van der Waals surface area contributed by atoms with Crippen LogP contribution in [-0.4, -0.2) is 36.7 Å². The van der Waals surface area contributed by atoms with Crippen molar-refractivity contribution in [2.75, 3.05) is 19.7 Å². The van der Waals surface area contributed by atoms with Gasteiger partial charge in [-0.2, -0.15) is 0 Å². The smallest absolute Gasteiger partial charge is 0.322 e. The van der Waals surface area contributed by atoms with Crippen LogP contribution in [-0.2, 0) is 16.1 Å². The summed E-state index contributed by atoms with van der Waals surface area (Å²) in [6.45, 7) is 2.81. The summed E-state index contributed by atoms with van der Waals surface area (Å²) in [5.41, 5.74) is 1.02. The number of rotatable bonds is 8. The fraction of sp³-hybridized carbons (Fsp3) is 0.385. The van der Waals surface area contributed by atoms with Crippen molar-refractivity contribution in [3.63, 3.8) is 0 Å². The lowest BCUT2D eigenvalue weighted by Crippen LogP contribution is -2.36. The molecule has 0 radical (unpaired) electrons. The summed E-state index contributed by atoms with van der Waals surface area (Å²) in [4.78, 5) is 21.5. The highest BCUT2D eigenvalue weighted by molar-refractivity contribution is 5.82. The fourth-order valence-corrected chi connectivity index (χ4v) is 1.43. The molecule has 0 unspecified atom stereocenters. The van der Waals surface area contributed by atoms with E-state index in [4.69, 9.17) is 9.84 Å². The van der Waals surface area contributed by atoms with Gasteiger partial charge in [-0.15, -0.1) is 0 Å². The van der Waals surface area contributed by atoms with E-state index in [1.807, 2.05) is 31.2 Å². The molecule has 0 heterocycles. The van der Waals surface area contributed by atoms with Gasteiger partial charge in [-0.25, -0.2) is 0 Å². The lowest BCUT2D eigenvalue weighted by molar-refractivity contribution is -0.137. The van der Waals surface area contributed by atoms with Crippen LogP contribution in [0.25, 0.3) is 0 Å². The predicted octanol–water partition coefficient (Wildman–Crippen LogP) is 0.376. The molecule has 0 fully saturated rings. The van der Waals surface area contributed by atoms with E-state index in [1.54, 1.807) is 0 Å². The number of benzene rings is 1. The maximum atomic E-state index is 11.2. The van der Waals surface area contributed by atoms with E-state index < -0.39 is 5.97 Å². The van der Waals surface area contributed by atoms with Gasteiger partial charge in [-0.1, -0.05) is 12.1 Å². The van der Waals surface area contributed by atoms with Gasteiger partial charge in [-0.3, -0.25) is 9.59 Å². The van der Waals surface area contributed by atoms with Crippen LogP contribution in [0.5, 0.6) is 5.75 Å². The molecule has 1 aromatic rings. The van der Waals surface area contributed by atoms with Crippen molar-refractivity contribution < 1.29 is 19.4 Å². The Morgan fingerprint density at radius 2 is 1.89 bits per heavy atom. The monoisotopic (exact) mass is 266 g/mol. The van der Waals surface area contributed by atoms with Crippen LogP contribution in [0.3, 0.4) is 0 Å². The molecular formula is C13H18N2O4. The van der Waals surface area contributed by atoms with Crippen molar-refractivity contribution in [3.05, 3.63) is 29.8 Å². The van der Waals surface area contributed by atoms with E-state index in [1.165, 1.54) is 0 Å². The zero-order valence-electron chi connectivity index (χ0n) is 10.8. The number of ether oxygens (including phenoxy) is 1. The summed E-state index contributed by atoms with van der Waals surface area (Å²) in [5, 5.41) is 13.6. The quantitative estimate of drug-likeness (QED) is 0.633. The number of carboxylic acids is 1. The Hall–Kier alpha value is -2.08. The van der Waals surface area contributed by atoms with Crippen LogP contribution in [0.4, 0.5) is 0 Å². The third kappa shape index (κ3) is 6.42. The maximum Gasteiger partial charge on any atom is 0.322 e. The first-order valence-corrected chi connectivity index (χ1v) is 6.02. The molecule has 104 valence electrons. The van der Waals surface area contributed by atoms with Crippen LogP contribution < -0.4 is 15.4 Å². The van der Waals surface area contributed by atoms with E-state index >= 15 is 0 Å². The lowest BCUT2D eigenvalue weighted by Gasteiger charge is -2.07. The van der Waals surface area contributed by atoms with Crippen molar-refractivity contribution >= 4 is 11.9 Å². The van der Waals surface area contributed by atoms with E-state index in [0.29, 0.717) is 13.2 Å². The molecule has 0 aliphatic heterocycles. The Labute approximate surface area is 111 Å². The third-order valence-electron chi connectivity index (χ3n) is 2.29. The summed E-state index contributed by atoms with van der Waals surface area (Å²) in [6, 6.07) is 7.55. The minimum Gasteiger partial charge on any atom is -0.494 e. The maximum absolute atomic E-state index is 11.2. The van der Waals surface area contributed by atoms with Gasteiger partial charge in [0.25, 0.3) is 0 Å². The molecule has 0 aromatic heterocycles. The molecule has 19 heavy (non-hydrogen) atoms. The number of hydrogen-bond donors (Lipinski definition) is 3. The molecule has 0 aliphatic carbocycles. The molecule has 0 saturated heterocycles. The largest absolute Gasteiger partial charge is 0.494 e. The summed E-state index contributed by atoms with van der Waals surface area (Å²) >= 11 is 0. The average Bonchev–Trinajstić information content (AvgIpc) is 2.39. The SMILES string of the molecule is CCOc1ccc(CNCC(=O)NCC(=O)O)cc1. The average molecular weight is 266 g/mol. The first-order chi connectivity index (χ1) is 9.11. The summed E-state index contributed by atoms with van der Waals surface area (Å²) < 4.78 is 5.32. The first kappa shape index (κ1) is 15.0. The summed E-state index contributed by atoms with van der Waals surface area (Å²) in [7, 11) is 0. The Morgan fingerprint density at radius 3 is 2.47 bits per heavy atom. The Morgan fingerprint density at radius 1 is 1.21 bits per heavy atom. The fourth-order valence-electron chi connectivity index (χ4n) is 1.43. The first-order valence-electron chi connectivity index (χ1n) is 6.02. The third-order valence-corrected chi connectivity index (χ3v) is 2.29. The van der Waals surface area contributed by atoms with Gasteiger partial charge in [0.15, 0.2) is 0 Å². The van der Waals surface area contributed by atoms with Gasteiger partial charge in [-0.05, 0) is 24.6 Å². The normalized spacial score (nSPS) is 9.95.